The lowest BCUT2D eigenvalue weighted by Crippen LogP contribution is -2.45. The number of hydrogen-bond acceptors (Lipinski definition) is 3. The van der Waals surface area contributed by atoms with Gasteiger partial charge in [0.05, 0.1) is 12.6 Å². The number of rotatable bonds is 6. The molecule has 6 nitrogen and oxygen atoms in total. The van der Waals surface area contributed by atoms with Gasteiger partial charge in [-0.1, -0.05) is 30.3 Å². The molecular formula is C24H33IN4O2. The van der Waals surface area contributed by atoms with Gasteiger partial charge < -0.3 is 20.7 Å². The van der Waals surface area contributed by atoms with Crippen molar-refractivity contribution in [1.82, 2.24) is 16.0 Å². The van der Waals surface area contributed by atoms with Gasteiger partial charge >= 0.3 is 0 Å². The lowest BCUT2D eigenvalue weighted by molar-refractivity contribution is 0.0694. The highest BCUT2D eigenvalue weighted by molar-refractivity contribution is 14.0. The van der Waals surface area contributed by atoms with E-state index in [1.165, 1.54) is 0 Å². The van der Waals surface area contributed by atoms with Crippen molar-refractivity contribution in [2.24, 2.45) is 4.99 Å². The van der Waals surface area contributed by atoms with Crippen molar-refractivity contribution >= 4 is 35.8 Å². The molecule has 3 rings (SSSR count). The van der Waals surface area contributed by atoms with Crippen molar-refractivity contribution in [2.45, 2.75) is 52.3 Å². The minimum absolute atomic E-state index is 0. The molecule has 2 aromatic carbocycles. The second-order valence-corrected chi connectivity index (χ2v) is 8.06. The van der Waals surface area contributed by atoms with Crippen LogP contribution in [-0.2, 0) is 6.54 Å². The zero-order chi connectivity index (χ0) is 21.6. The first-order valence-corrected chi connectivity index (χ1v) is 10.6. The average Bonchev–Trinajstić information content (AvgIpc) is 2.72. The Bertz CT molecular complexity index is 914. The Morgan fingerprint density at radius 3 is 2.58 bits per heavy atom. The summed E-state index contributed by atoms with van der Waals surface area (Å²) in [7, 11) is 0. The molecule has 2 aromatic rings. The summed E-state index contributed by atoms with van der Waals surface area (Å²) in [6.45, 7) is 10.0. The maximum atomic E-state index is 12.1. The summed E-state index contributed by atoms with van der Waals surface area (Å²) in [5, 5.41) is 9.75. The van der Waals surface area contributed by atoms with Crippen LogP contribution in [0, 0.1) is 0 Å². The molecule has 0 bridgehead atoms. The lowest BCUT2D eigenvalue weighted by atomic mass is 9.90. The van der Waals surface area contributed by atoms with E-state index < -0.39 is 0 Å². The summed E-state index contributed by atoms with van der Waals surface area (Å²) >= 11 is 0. The zero-order valence-corrected chi connectivity index (χ0v) is 21.0. The normalized spacial score (nSPS) is 16.9. The van der Waals surface area contributed by atoms with Gasteiger partial charge in [-0.25, -0.2) is 4.99 Å². The van der Waals surface area contributed by atoms with Gasteiger partial charge in [-0.2, -0.15) is 0 Å². The van der Waals surface area contributed by atoms with Crippen LogP contribution in [0.15, 0.2) is 53.5 Å². The largest absolute Gasteiger partial charge is 0.487 e. The SMILES string of the molecule is CCNC(=O)c1cccc(CN=C(NCC)NC2CC(C)(C)Oc3ccccc32)c1.I. The highest BCUT2D eigenvalue weighted by Gasteiger charge is 2.33. The molecule has 0 saturated carbocycles. The third-order valence-electron chi connectivity index (χ3n) is 4.98. The molecule has 0 aliphatic carbocycles. The molecule has 3 N–H and O–H groups in total. The number of carbonyl (C=O) groups excluding carboxylic acids is 1. The van der Waals surface area contributed by atoms with Crippen LogP contribution in [0.3, 0.4) is 0 Å². The molecule has 0 spiro atoms. The van der Waals surface area contributed by atoms with Gasteiger partial charge in [0, 0.05) is 30.6 Å². The smallest absolute Gasteiger partial charge is 0.251 e. The Morgan fingerprint density at radius 2 is 1.84 bits per heavy atom. The van der Waals surface area contributed by atoms with Crippen molar-refractivity contribution < 1.29 is 9.53 Å². The second-order valence-electron chi connectivity index (χ2n) is 8.06. The third kappa shape index (κ3) is 6.85. The van der Waals surface area contributed by atoms with Crippen molar-refractivity contribution in [1.29, 1.82) is 0 Å². The molecule has 1 unspecified atom stereocenters. The first-order chi connectivity index (χ1) is 14.4. The molecule has 168 valence electrons. The van der Waals surface area contributed by atoms with Crippen LogP contribution < -0.4 is 20.7 Å². The second kappa shape index (κ2) is 11.4. The Labute approximate surface area is 202 Å². The number of guanidine groups is 1. The predicted octanol–water partition coefficient (Wildman–Crippen LogP) is 4.41. The van der Waals surface area contributed by atoms with Crippen LogP contribution in [0.25, 0.3) is 0 Å². The van der Waals surface area contributed by atoms with Gasteiger partial charge in [0.25, 0.3) is 5.91 Å². The number of ether oxygens (including phenoxy) is 1. The first-order valence-electron chi connectivity index (χ1n) is 10.6. The summed E-state index contributed by atoms with van der Waals surface area (Å²) in [6.07, 6.45) is 0.834. The fourth-order valence-electron chi connectivity index (χ4n) is 3.66. The van der Waals surface area contributed by atoms with Crippen molar-refractivity contribution in [2.75, 3.05) is 13.1 Å². The van der Waals surface area contributed by atoms with E-state index in [0.29, 0.717) is 18.7 Å². The molecule has 1 aliphatic rings. The molecule has 0 aromatic heterocycles. The average molecular weight is 536 g/mol. The van der Waals surface area contributed by atoms with Gasteiger partial charge in [-0.3, -0.25) is 4.79 Å². The maximum Gasteiger partial charge on any atom is 0.251 e. The summed E-state index contributed by atoms with van der Waals surface area (Å²) in [6, 6.07) is 15.8. The number of benzene rings is 2. The van der Waals surface area contributed by atoms with E-state index >= 15 is 0 Å². The topological polar surface area (TPSA) is 74.8 Å². The molecule has 0 fully saturated rings. The fourth-order valence-corrected chi connectivity index (χ4v) is 3.66. The highest BCUT2D eigenvalue weighted by Crippen LogP contribution is 2.39. The van der Waals surface area contributed by atoms with Gasteiger partial charge in [-0.05, 0) is 51.5 Å². The molecule has 1 heterocycles. The molecule has 1 amide bonds. The Morgan fingerprint density at radius 1 is 1.10 bits per heavy atom. The van der Waals surface area contributed by atoms with Crippen LogP contribution in [-0.4, -0.2) is 30.6 Å². The van der Waals surface area contributed by atoms with Crippen molar-refractivity contribution in [3.8, 4) is 5.75 Å². The van der Waals surface area contributed by atoms with Crippen LogP contribution in [0.4, 0.5) is 0 Å². The number of para-hydroxylation sites is 1. The van der Waals surface area contributed by atoms with E-state index in [1.54, 1.807) is 0 Å². The van der Waals surface area contributed by atoms with E-state index in [0.717, 1.165) is 35.8 Å². The fraction of sp³-hybridized carbons (Fsp3) is 0.417. The summed E-state index contributed by atoms with van der Waals surface area (Å²) in [5.74, 6) is 1.60. The summed E-state index contributed by atoms with van der Waals surface area (Å²) < 4.78 is 6.14. The van der Waals surface area contributed by atoms with Gasteiger partial charge in [-0.15, -0.1) is 24.0 Å². The molecule has 1 aliphatic heterocycles. The third-order valence-corrected chi connectivity index (χ3v) is 4.98. The molecule has 31 heavy (non-hydrogen) atoms. The van der Waals surface area contributed by atoms with Gasteiger partial charge in [0.2, 0.25) is 0 Å². The standard InChI is InChI=1S/C24H32N4O2.HI/c1-5-25-22(29)18-11-9-10-17(14-18)16-27-23(26-6-2)28-20-15-24(3,4)30-21-13-8-7-12-19(20)21;/h7-14,20H,5-6,15-16H2,1-4H3,(H,25,29)(H2,26,27,28);1H. The number of nitrogens with zero attached hydrogens (tertiary/aromatic N) is 1. The van der Waals surface area contributed by atoms with Gasteiger partial charge in [0.15, 0.2) is 5.96 Å². The molecule has 0 saturated heterocycles. The quantitative estimate of drug-likeness (QED) is 0.291. The van der Waals surface area contributed by atoms with Crippen molar-refractivity contribution in [3.63, 3.8) is 0 Å². The number of amides is 1. The van der Waals surface area contributed by atoms with Crippen LogP contribution in [0.5, 0.6) is 5.75 Å². The lowest BCUT2D eigenvalue weighted by Gasteiger charge is -2.38. The van der Waals surface area contributed by atoms with E-state index in [2.05, 4.69) is 42.8 Å². The van der Waals surface area contributed by atoms with E-state index in [4.69, 9.17) is 9.73 Å². The predicted molar refractivity (Wildman–Crippen MR) is 136 cm³/mol. The minimum Gasteiger partial charge on any atom is -0.487 e. The molecule has 7 heteroatoms. The summed E-state index contributed by atoms with van der Waals surface area (Å²) in [5.41, 5.74) is 2.52. The first kappa shape index (κ1) is 25.0. The Hall–Kier alpha value is -2.29. The minimum atomic E-state index is -0.260. The van der Waals surface area contributed by atoms with Crippen LogP contribution in [0.2, 0.25) is 0 Å². The number of fused-ring (bicyclic) bond motifs is 1. The number of aliphatic imine (C=N–C) groups is 1. The zero-order valence-electron chi connectivity index (χ0n) is 18.7. The number of hydrogen-bond donors (Lipinski definition) is 3. The number of nitrogens with one attached hydrogen (secondary N) is 3. The molecule has 0 radical (unpaired) electrons. The Kier molecular flexibility index (Phi) is 9.15. The van der Waals surface area contributed by atoms with E-state index in [1.807, 2.05) is 49.4 Å². The van der Waals surface area contributed by atoms with Crippen LogP contribution >= 0.6 is 24.0 Å². The number of halogens is 1. The van der Waals surface area contributed by atoms with Gasteiger partial charge in [0.1, 0.15) is 11.4 Å². The van der Waals surface area contributed by atoms with E-state index in [9.17, 15) is 4.79 Å². The molecule has 1 atom stereocenters. The molecular weight excluding hydrogens is 503 g/mol. The maximum absolute atomic E-state index is 12.1. The number of carbonyl (C=O) groups is 1. The highest BCUT2D eigenvalue weighted by atomic mass is 127. The summed E-state index contributed by atoms with van der Waals surface area (Å²) in [4.78, 5) is 16.9. The monoisotopic (exact) mass is 536 g/mol. The van der Waals surface area contributed by atoms with Crippen molar-refractivity contribution in [3.05, 3.63) is 65.2 Å². The van der Waals surface area contributed by atoms with Crippen LogP contribution in [0.1, 0.15) is 61.6 Å². The van der Waals surface area contributed by atoms with E-state index in [-0.39, 0.29) is 41.5 Å². The Balaban J connectivity index is 0.00000341.